The minimum absolute atomic E-state index is 0.0215. The third kappa shape index (κ3) is 3.24. The molecule has 3 aromatic rings. The fraction of sp³-hybridized carbons (Fsp3) is 0.333. The first-order valence-electron chi connectivity index (χ1n) is 9.81. The van der Waals surface area contributed by atoms with Gasteiger partial charge in [0.15, 0.2) is 0 Å². The van der Waals surface area contributed by atoms with Gasteiger partial charge in [-0.05, 0) is 12.1 Å². The van der Waals surface area contributed by atoms with Crippen LogP contribution in [0.15, 0.2) is 44.7 Å². The summed E-state index contributed by atoms with van der Waals surface area (Å²) in [5.41, 5.74) is -1.19. The van der Waals surface area contributed by atoms with Gasteiger partial charge in [-0.25, -0.2) is 9.18 Å². The maximum Gasteiger partial charge on any atom is 0.332 e. The topological polar surface area (TPSA) is 89.6 Å². The molecular formula is C21H22FN5O4. The summed E-state index contributed by atoms with van der Waals surface area (Å²) < 4.78 is 17.4. The monoisotopic (exact) mass is 427 g/mol. The SMILES string of the molecule is Cn1c(=O)c2c(C(=O)N3CCN(c4ccccc4F)CC3)cc(=O)n(C)c2n(C)c1=O. The second-order valence-electron chi connectivity index (χ2n) is 7.59. The Balaban J connectivity index is 1.74. The lowest BCUT2D eigenvalue weighted by Gasteiger charge is -2.36. The van der Waals surface area contributed by atoms with Crippen molar-refractivity contribution in [1.29, 1.82) is 0 Å². The van der Waals surface area contributed by atoms with Crippen LogP contribution < -0.4 is 21.7 Å². The number of aryl methyl sites for hydroxylation is 2. The predicted molar refractivity (Wildman–Crippen MR) is 114 cm³/mol. The van der Waals surface area contributed by atoms with E-state index < -0.39 is 22.7 Å². The number of hydrogen-bond donors (Lipinski definition) is 0. The van der Waals surface area contributed by atoms with Crippen LogP contribution in [-0.4, -0.2) is 50.7 Å². The molecule has 2 aromatic heterocycles. The number of para-hydroxylation sites is 1. The van der Waals surface area contributed by atoms with E-state index in [4.69, 9.17) is 0 Å². The first kappa shape index (κ1) is 20.6. The third-order valence-electron chi connectivity index (χ3n) is 5.81. The Bertz CT molecular complexity index is 1380. The fourth-order valence-electron chi connectivity index (χ4n) is 4.06. The van der Waals surface area contributed by atoms with Crippen molar-refractivity contribution in [2.45, 2.75) is 0 Å². The molecule has 1 aromatic carbocycles. The highest BCUT2D eigenvalue weighted by Gasteiger charge is 2.27. The molecule has 162 valence electrons. The molecule has 1 fully saturated rings. The van der Waals surface area contributed by atoms with Crippen LogP contribution in [0, 0.1) is 5.82 Å². The lowest BCUT2D eigenvalue weighted by molar-refractivity contribution is 0.0748. The van der Waals surface area contributed by atoms with Crippen LogP contribution in [0.2, 0.25) is 0 Å². The van der Waals surface area contributed by atoms with Gasteiger partial charge in [0.2, 0.25) is 0 Å². The highest BCUT2D eigenvalue weighted by Crippen LogP contribution is 2.21. The average molecular weight is 427 g/mol. The Labute approximate surface area is 176 Å². The standard InChI is InChI=1S/C21H22FN5O4/c1-23-16(28)12-13(17-18(23)24(2)21(31)25(3)20(17)30)19(29)27-10-8-26(9-11-27)15-7-5-4-6-14(15)22/h4-7,12H,8-11H2,1-3H3. The summed E-state index contributed by atoms with van der Waals surface area (Å²) in [4.78, 5) is 54.4. The van der Waals surface area contributed by atoms with Gasteiger partial charge in [0.05, 0.1) is 16.6 Å². The first-order chi connectivity index (χ1) is 14.7. The van der Waals surface area contributed by atoms with E-state index in [2.05, 4.69) is 0 Å². The normalized spacial score (nSPS) is 14.3. The zero-order valence-electron chi connectivity index (χ0n) is 17.5. The maximum atomic E-state index is 14.1. The molecule has 10 heteroatoms. The average Bonchev–Trinajstić information content (AvgIpc) is 2.77. The van der Waals surface area contributed by atoms with E-state index in [1.54, 1.807) is 18.2 Å². The van der Waals surface area contributed by atoms with Gasteiger partial charge >= 0.3 is 5.69 Å². The molecule has 0 radical (unpaired) electrons. The second kappa shape index (κ2) is 7.53. The number of benzene rings is 1. The molecule has 4 rings (SSSR count). The highest BCUT2D eigenvalue weighted by atomic mass is 19.1. The van der Waals surface area contributed by atoms with E-state index in [9.17, 15) is 23.6 Å². The van der Waals surface area contributed by atoms with E-state index >= 15 is 0 Å². The molecule has 1 aliphatic heterocycles. The third-order valence-corrected chi connectivity index (χ3v) is 5.81. The molecule has 0 atom stereocenters. The quantitative estimate of drug-likeness (QED) is 0.576. The van der Waals surface area contributed by atoms with E-state index in [1.807, 2.05) is 4.90 Å². The lowest BCUT2D eigenvalue weighted by atomic mass is 10.1. The number of carbonyl (C=O) groups is 1. The number of halogens is 1. The van der Waals surface area contributed by atoms with Gasteiger partial charge in [0.25, 0.3) is 17.0 Å². The predicted octanol–water partition coefficient (Wildman–Crippen LogP) is 0.0374. The zero-order chi connectivity index (χ0) is 22.4. The molecule has 31 heavy (non-hydrogen) atoms. The summed E-state index contributed by atoms with van der Waals surface area (Å²) in [5.74, 6) is -0.795. The Kier molecular flexibility index (Phi) is 5.00. The number of hydrogen-bond acceptors (Lipinski definition) is 5. The van der Waals surface area contributed by atoms with E-state index in [-0.39, 0.29) is 22.4 Å². The van der Waals surface area contributed by atoms with Gasteiger partial charge in [-0.15, -0.1) is 0 Å². The van der Waals surface area contributed by atoms with E-state index in [0.717, 1.165) is 10.6 Å². The minimum Gasteiger partial charge on any atom is -0.366 e. The maximum absolute atomic E-state index is 14.1. The van der Waals surface area contributed by atoms with Crippen molar-refractivity contribution in [3.63, 3.8) is 0 Å². The summed E-state index contributed by atoms with van der Waals surface area (Å²) in [6.07, 6.45) is 0. The summed E-state index contributed by atoms with van der Waals surface area (Å²) in [6.45, 7) is 1.42. The number of nitrogens with zero attached hydrogens (tertiary/aromatic N) is 5. The summed E-state index contributed by atoms with van der Waals surface area (Å²) >= 11 is 0. The summed E-state index contributed by atoms with van der Waals surface area (Å²) in [6, 6.07) is 7.58. The molecule has 3 heterocycles. The van der Waals surface area contributed by atoms with Crippen LogP contribution in [-0.2, 0) is 21.1 Å². The number of anilines is 1. The van der Waals surface area contributed by atoms with Gasteiger partial charge in [-0.2, -0.15) is 0 Å². The molecule has 0 unspecified atom stereocenters. The molecule has 0 saturated carbocycles. The van der Waals surface area contributed by atoms with Crippen molar-refractivity contribution in [2.75, 3.05) is 31.1 Å². The number of carbonyl (C=O) groups excluding carboxylic acids is 1. The zero-order valence-corrected chi connectivity index (χ0v) is 17.5. The molecule has 1 amide bonds. The van der Waals surface area contributed by atoms with Gasteiger partial charge in [0, 0.05) is 53.4 Å². The number of amides is 1. The van der Waals surface area contributed by atoms with Gasteiger partial charge in [-0.1, -0.05) is 12.1 Å². The number of aromatic nitrogens is 3. The number of fused-ring (bicyclic) bond motifs is 1. The van der Waals surface area contributed by atoms with Gasteiger partial charge in [-0.3, -0.25) is 28.1 Å². The largest absolute Gasteiger partial charge is 0.366 e. The van der Waals surface area contributed by atoms with Crippen LogP contribution in [0.4, 0.5) is 10.1 Å². The van der Waals surface area contributed by atoms with Crippen LogP contribution in [0.25, 0.3) is 11.0 Å². The minimum atomic E-state index is -0.637. The summed E-state index contributed by atoms with van der Waals surface area (Å²) in [7, 11) is 4.23. The van der Waals surface area contributed by atoms with Crippen LogP contribution in [0.1, 0.15) is 10.4 Å². The van der Waals surface area contributed by atoms with Crippen molar-refractivity contribution >= 4 is 22.6 Å². The van der Waals surface area contributed by atoms with E-state index in [1.165, 1.54) is 41.2 Å². The summed E-state index contributed by atoms with van der Waals surface area (Å²) in [5, 5.41) is 0.0215. The Morgan fingerprint density at radius 2 is 1.55 bits per heavy atom. The lowest BCUT2D eigenvalue weighted by Crippen LogP contribution is -2.49. The number of pyridine rings is 1. The number of rotatable bonds is 2. The fourth-order valence-corrected chi connectivity index (χ4v) is 4.06. The highest BCUT2D eigenvalue weighted by molar-refractivity contribution is 6.05. The molecule has 9 nitrogen and oxygen atoms in total. The van der Waals surface area contributed by atoms with Crippen LogP contribution in [0.5, 0.6) is 0 Å². The molecule has 0 spiro atoms. The molecule has 0 N–H and O–H groups in total. The Morgan fingerprint density at radius 3 is 2.19 bits per heavy atom. The van der Waals surface area contributed by atoms with Crippen LogP contribution >= 0.6 is 0 Å². The molecule has 1 saturated heterocycles. The van der Waals surface area contributed by atoms with Crippen LogP contribution in [0.3, 0.4) is 0 Å². The van der Waals surface area contributed by atoms with Crippen molar-refractivity contribution in [3.8, 4) is 0 Å². The molecule has 0 aliphatic carbocycles. The van der Waals surface area contributed by atoms with Crippen molar-refractivity contribution in [2.24, 2.45) is 21.1 Å². The molecule has 1 aliphatic rings. The van der Waals surface area contributed by atoms with E-state index in [0.29, 0.717) is 31.9 Å². The Morgan fingerprint density at radius 1 is 0.903 bits per heavy atom. The van der Waals surface area contributed by atoms with Crippen molar-refractivity contribution in [3.05, 3.63) is 72.9 Å². The second-order valence-corrected chi connectivity index (χ2v) is 7.59. The van der Waals surface area contributed by atoms with Crippen molar-refractivity contribution < 1.29 is 9.18 Å². The Hall–Kier alpha value is -3.69. The van der Waals surface area contributed by atoms with Gasteiger partial charge in [0.1, 0.15) is 11.5 Å². The molecule has 0 bridgehead atoms. The molecular weight excluding hydrogens is 405 g/mol. The number of piperazine rings is 1. The smallest absolute Gasteiger partial charge is 0.332 e. The van der Waals surface area contributed by atoms with Crippen molar-refractivity contribution in [1.82, 2.24) is 18.6 Å². The first-order valence-corrected chi connectivity index (χ1v) is 9.81. The van der Waals surface area contributed by atoms with Gasteiger partial charge < -0.3 is 9.80 Å².